The molecule has 1 atom stereocenters. The molecule has 0 aliphatic carbocycles. The molecule has 6 heteroatoms. The quantitative estimate of drug-likeness (QED) is 0.604. The number of rotatable bonds is 4. The van der Waals surface area contributed by atoms with Crippen LogP contribution in [0, 0.1) is 18.7 Å². The first-order chi connectivity index (χ1) is 7.51. The van der Waals surface area contributed by atoms with Crippen molar-refractivity contribution in [3.8, 4) is 0 Å². The van der Waals surface area contributed by atoms with Crippen LogP contribution in [0.3, 0.4) is 0 Å². The van der Waals surface area contributed by atoms with E-state index in [0.29, 0.717) is 5.82 Å². The van der Waals surface area contributed by atoms with Gasteiger partial charge >= 0.3 is 0 Å². The van der Waals surface area contributed by atoms with Gasteiger partial charge in [0.1, 0.15) is 6.10 Å². The second-order valence-electron chi connectivity index (χ2n) is 3.87. The number of ether oxygens (including phenoxy) is 1. The summed E-state index contributed by atoms with van der Waals surface area (Å²) >= 11 is 0. The maximum atomic E-state index is 13.4. The maximum absolute atomic E-state index is 13.4. The number of nitrogens with one attached hydrogen (secondary N) is 1. The van der Waals surface area contributed by atoms with Gasteiger partial charge in [0, 0.05) is 7.11 Å². The molecule has 1 aromatic rings. The van der Waals surface area contributed by atoms with Crippen LogP contribution in [0.5, 0.6) is 0 Å². The topological polar surface area (TPSA) is 73.1 Å². The molecule has 0 saturated heterocycles. The molecule has 0 aliphatic rings. The Bertz CT molecular complexity index is 370. The Kier molecular flexibility index (Phi) is 4.14. The molecule has 90 valence electrons. The van der Waals surface area contributed by atoms with Gasteiger partial charge < -0.3 is 10.2 Å². The number of hydrazine groups is 1. The molecular weight excluding hydrogens is 211 g/mol. The Balaban J connectivity index is 3.19. The highest BCUT2D eigenvalue weighted by Gasteiger charge is 2.21. The van der Waals surface area contributed by atoms with Crippen molar-refractivity contribution in [3.05, 3.63) is 17.3 Å². The van der Waals surface area contributed by atoms with Gasteiger partial charge in [-0.2, -0.15) is 0 Å². The molecular formula is C10H17FN4O. The van der Waals surface area contributed by atoms with E-state index in [2.05, 4.69) is 15.4 Å². The lowest BCUT2D eigenvalue weighted by Gasteiger charge is -2.18. The van der Waals surface area contributed by atoms with E-state index >= 15 is 0 Å². The van der Waals surface area contributed by atoms with Gasteiger partial charge in [-0.15, -0.1) is 0 Å². The van der Waals surface area contributed by atoms with Gasteiger partial charge in [-0.3, -0.25) is 0 Å². The average molecular weight is 228 g/mol. The molecule has 1 unspecified atom stereocenters. The largest absolute Gasteiger partial charge is 0.373 e. The van der Waals surface area contributed by atoms with Crippen molar-refractivity contribution in [2.24, 2.45) is 11.8 Å². The number of methoxy groups -OCH3 is 1. The number of aryl methyl sites for hydroxylation is 1. The van der Waals surface area contributed by atoms with Crippen molar-refractivity contribution in [2.45, 2.75) is 26.9 Å². The number of anilines is 1. The molecule has 0 aliphatic heterocycles. The van der Waals surface area contributed by atoms with Gasteiger partial charge in [0.15, 0.2) is 17.5 Å². The first kappa shape index (κ1) is 12.8. The van der Waals surface area contributed by atoms with Crippen LogP contribution >= 0.6 is 0 Å². The number of nitrogens with zero attached hydrogens (tertiary/aromatic N) is 2. The van der Waals surface area contributed by atoms with Gasteiger partial charge in [-0.05, 0) is 12.8 Å². The number of nitrogens with two attached hydrogens (primary N) is 1. The Morgan fingerprint density at radius 2 is 2.00 bits per heavy atom. The molecule has 5 nitrogen and oxygen atoms in total. The van der Waals surface area contributed by atoms with Crippen molar-refractivity contribution in [1.29, 1.82) is 0 Å². The van der Waals surface area contributed by atoms with Crippen molar-refractivity contribution >= 4 is 5.82 Å². The molecule has 0 amide bonds. The molecule has 1 rings (SSSR count). The fourth-order valence-electron chi connectivity index (χ4n) is 1.48. The van der Waals surface area contributed by atoms with E-state index in [1.165, 1.54) is 0 Å². The molecule has 0 radical (unpaired) electrons. The number of hydrogen-bond acceptors (Lipinski definition) is 5. The van der Waals surface area contributed by atoms with E-state index in [4.69, 9.17) is 10.6 Å². The summed E-state index contributed by atoms with van der Waals surface area (Å²) in [7, 11) is 1.57. The predicted molar refractivity (Wildman–Crippen MR) is 59.1 cm³/mol. The summed E-state index contributed by atoms with van der Waals surface area (Å²) in [5.74, 6) is 5.27. The summed E-state index contributed by atoms with van der Waals surface area (Å²) in [5, 5.41) is 0. The second kappa shape index (κ2) is 5.18. The van der Waals surface area contributed by atoms with Crippen LogP contribution in [0.15, 0.2) is 0 Å². The van der Waals surface area contributed by atoms with Crippen molar-refractivity contribution in [1.82, 2.24) is 9.97 Å². The number of nitrogen functional groups attached to an aromatic ring is 1. The molecule has 1 heterocycles. The molecule has 3 N–H and O–H groups in total. The number of hydrogen-bond donors (Lipinski definition) is 2. The van der Waals surface area contributed by atoms with Crippen LogP contribution in [0.4, 0.5) is 10.2 Å². The second-order valence-corrected chi connectivity index (χ2v) is 3.87. The minimum Gasteiger partial charge on any atom is -0.373 e. The molecule has 0 spiro atoms. The van der Waals surface area contributed by atoms with Crippen molar-refractivity contribution in [3.63, 3.8) is 0 Å². The Hall–Kier alpha value is -1.27. The molecule has 1 aromatic heterocycles. The molecule has 0 fully saturated rings. The Morgan fingerprint density at radius 3 is 2.44 bits per heavy atom. The summed E-state index contributed by atoms with van der Waals surface area (Å²) in [4.78, 5) is 8.06. The first-order valence-corrected chi connectivity index (χ1v) is 5.04. The lowest BCUT2D eigenvalue weighted by atomic mass is 10.1. The van der Waals surface area contributed by atoms with Crippen LogP contribution in [-0.2, 0) is 4.74 Å². The maximum Gasteiger partial charge on any atom is 0.187 e. The number of halogens is 1. The van der Waals surface area contributed by atoms with Crippen molar-refractivity contribution < 1.29 is 9.13 Å². The van der Waals surface area contributed by atoms with Crippen LogP contribution in [0.1, 0.15) is 31.5 Å². The first-order valence-electron chi connectivity index (χ1n) is 5.04. The zero-order valence-electron chi connectivity index (χ0n) is 9.91. The van der Waals surface area contributed by atoms with Gasteiger partial charge in [0.2, 0.25) is 0 Å². The zero-order valence-corrected chi connectivity index (χ0v) is 9.91. The summed E-state index contributed by atoms with van der Waals surface area (Å²) in [6.45, 7) is 5.52. The van der Waals surface area contributed by atoms with Crippen LogP contribution in [0.2, 0.25) is 0 Å². The SMILES string of the molecule is COC(c1nc(C)c(F)c(NN)n1)C(C)C. The lowest BCUT2D eigenvalue weighted by Crippen LogP contribution is -2.18. The monoisotopic (exact) mass is 228 g/mol. The van der Waals surface area contributed by atoms with E-state index in [1.807, 2.05) is 13.8 Å². The fraction of sp³-hybridized carbons (Fsp3) is 0.600. The van der Waals surface area contributed by atoms with E-state index in [1.54, 1.807) is 14.0 Å². The highest BCUT2D eigenvalue weighted by atomic mass is 19.1. The third-order valence-electron chi connectivity index (χ3n) is 2.28. The standard InChI is InChI=1S/C10H17FN4O/c1-5(2)8(16-4)10-13-6(3)7(11)9(14-10)15-12/h5,8H,12H2,1-4H3,(H,13,14,15). The minimum atomic E-state index is -0.537. The minimum absolute atomic E-state index is 0.00907. The fourth-order valence-corrected chi connectivity index (χ4v) is 1.48. The molecule has 16 heavy (non-hydrogen) atoms. The third kappa shape index (κ3) is 2.45. The smallest absolute Gasteiger partial charge is 0.187 e. The van der Waals surface area contributed by atoms with Gasteiger partial charge in [-0.1, -0.05) is 13.8 Å². The third-order valence-corrected chi connectivity index (χ3v) is 2.28. The normalized spacial score (nSPS) is 12.9. The van der Waals surface area contributed by atoms with Gasteiger partial charge in [0.25, 0.3) is 0 Å². The number of aromatic nitrogens is 2. The summed E-state index contributed by atoms with van der Waals surface area (Å²) in [5.41, 5.74) is 2.46. The highest BCUT2D eigenvalue weighted by Crippen LogP contribution is 2.24. The van der Waals surface area contributed by atoms with E-state index in [9.17, 15) is 4.39 Å². The molecule has 0 aromatic carbocycles. The van der Waals surface area contributed by atoms with Gasteiger partial charge in [-0.25, -0.2) is 20.2 Å². The zero-order chi connectivity index (χ0) is 12.3. The molecule has 0 bridgehead atoms. The Labute approximate surface area is 94.2 Å². The van der Waals surface area contributed by atoms with Crippen LogP contribution in [0.25, 0.3) is 0 Å². The van der Waals surface area contributed by atoms with Crippen molar-refractivity contribution in [2.75, 3.05) is 12.5 Å². The van der Waals surface area contributed by atoms with E-state index in [-0.39, 0.29) is 23.5 Å². The van der Waals surface area contributed by atoms with E-state index < -0.39 is 5.82 Å². The Morgan fingerprint density at radius 1 is 1.38 bits per heavy atom. The van der Waals surface area contributed by atoms with Crippen LogP contribution in [-0.4, -0.2) is 17.1 Å². The molecule has 0 saturated carbocycles. The highest BCUT2D eigenvalue weighted by molar-refractivity contribution is 5.36. The van der Waals surface area contributed by atoms with E-state index in [0.717, 1.165) is 0 Å². The summed E-state index contributed by atoms with van der Waals surface area (Å²) in [6.07, 6.45) is -0.272. The summed E-state index contributed by atoms with van der Waals surface area (Å²) < 4.78 is 18.7. The average Bonchev–Trinajstić information content (AvgIpc) is 2.23. The lowest BCUT2D eigenvalue weighted by molar-refractivity contribution is 0.0573. The predicted octanol–water partition coefficient (Wildman–Crippen LogP) is 1.55. The van der Waals surface area contributed by atoms with Gasteiger partial charge in [0.05, 0.1) is 5.69 Å². The van der Waals surface area contributed by atoms with Crippen LogP contribution < -0.4 is 11.3 Å². The summed E-state index contributed by atoms with van der Waals surface area (Å²) in [6, 6.07) is 0.